The molecule has 2 aromatic heterocycles. The Morgan fingerprint density at radius 1 is 1.20 bits per heavy atom. The maximum absolute atomic E-state index is 12.9. The van der Waals surface area contributed by atoms with Crippen LogP contribution in [0.4, 0.5) is 0 Å². The molecule has 7 nitrogen and oxygen atoms in total. The summed E-state index contributed by atoms with van der Waals surface area (Å²) >= 11 is 0. The first-order valence-electron chi connectivity index (χ1n) is 10.0. The van der Waals surface area contributed by atoms with Crippen LogP contribution in [0, 0.1) is 0 Å². The molecule has 1 fully saturated rings. The number of carbonyl (C=O) groups is 1. The van der Waals surface area contributed by atoms with Crippen LogP contribution >= 0.6 is 0 Å². The lowest BCUT2D eigenvalue weighted by Crippen LogP contribution is -2.40. The van der Waals surface area contributed by atoms with Gasteiger partial charge < -0.3 is 14.7 Å². The van der Waals surface area contributed by atoms with Gasteiger partial charge in [-0.15, -0.1) is 0 Å². The Hall–Kier alpha value is -3.48. The Morgan fingerprint density at radius 2 is 2.03 bits per heavy atom. The molecule has 154 valence electrons. The molecule has 1 amide bonds. The van der Waals surface area contributed by atoms with Gasteiger partial charge in [0.15, 0.2) is 17.3 Å². The number of carbonyl (C=O) groups excluding carboxylic acids is 1. The fourth-order valence-electron chi connectivity index (χ4n) is 3.80. The average Bonchev–Trinajstić information content (AvgIpc) is 2.81. The first-order valence-corrected chi connectivity index (χ1v) is 10.0. The molecule has 0 bridgehead atoms. The molecule has 3 heterocycles. The van der Waals surface area contributed by atoms with Crippen molar-refractivity contribution >= 4 is 5.91 Å². The van der Waals surface area contributed by atoms with Crippen LogP contribution in [0.15, 0.2) is 55.0 Å². The van der Waals surface area contributed by atoms with Crippen molar-refractivity contribution in [2.75, 3.05) is 20.2 Å². The minimum atomic E-state index is 0.0656. The summed E-state index contributed by atoms with van der Waals surface area (Å²) in [6.45, 7) is 1.38. The van der Waals surface area contributed by atoms with E-state index in [2.05, 4.69) is 9.97 Å². The maximum Gasteiger partial charge on any atom is 0.227 e. The zero-order valence-electron chi connectivity index (χ0n) is 16.9. The highest BCUT2D eigenvalue weighted by Gasteiger charge is 2.26. The number of ether oxygens (including phenoxy) is 1. The third kappa shape index (κ3) is 4.40. The molecule has 4 rings (SSSR count). The van der Waals surface area contributed by atoms with Crippen molar-refractivity contribution in [3.05, 3.63) is 66.2 Å². The molecule has 7 heteroatoms. The van der Waals surface area contributed by atoms with Gasteiger partial charge in [0.25, 0.3) is 0 Å². The second kappa shape index (κ2) is 8.90. The number of hydrogen-bond acceptors (Lipinski definition) is 6. The van der Waals surface area contributed by atoms with Crippen molar-refractivity contribution in [2.24, 2.45) is 0 Å². The van der Waals surface area contributed by atoms with E-state index >= 15 is 0 Å². The quantitative estimate of drug-likeness (QED) is 0.703. The number of hydrogen-bond donors (Lipinski definition) is 1. The first kappa shape index (κ1) is 19.8. The van der Waals surface area contributed by atoms with Crippen molar-refractivity contribution in [1.82, 2.24) is 19.9 Å². The van der Waals surface area contributed by atoms with Crippen LogP contribution < -0.4 is 4.74 Å². The van der Waals surface area contributed by atoms with Crippen molar-refractivity contribution in [3.63, 3.8) is 0 Å². The molecule has 30 heavy (non-hydrogen) atoms. The van der Waals surface area contributed by atoms with E-state index in [9.17, 15) is 9.90 Å². The van der Waals surface area contributed by atoms with Crippen molar-refractivity contribution in [2.45, 2.75) is 25.2 Å². The van der Waals surface area contributed by atoms with Crippen LogP contribution in [0.25, 0.3) is 11.4 Å². The summed E-state index contributed by atoms with van der Waals surface area (Å²) < 4.78 is 5.14. The summed E-state index contributed by atoms with van der Waals surface area (Å²) in [6, 6.07) is 10.7. The second-order valence-corrected chi connectivity index (χ2v) is 7.40. The van der Waals surface area contributed by atoms with Crippen molar-refractivity contribution in [1.29, 1.82) is 0 Å². The van der Waals surface area contributed by atoms with Crippen LogP contribution in [0.3, 0.4) is 0 Å². The van der Waals surface area contributed by atoms with Gasteiger partial charge in [0, 0.05) is 48.9 Å². The van der Waals surface area contributed by atoms with E-state index < -0.39 is 0 Å². The van der Waals surface area contributed by atoms with Crippen molar-refractivity contribution < 1.29 is 14.6 Å². The number of phenolic OH excluding ortho intramolecular Hbond substituents is 1. The fraction of sp³-hybridized carbons (Fsp3) is 0.304. The van der Waals surface area contributed by atoms with E-state index in [0.29, 0.717) is 18.1 Å². The summed E-state index contributed by atoms with van der Waals surface area (Å²) in [5, 5.41) is 9.75. The van der Waals surface area contributed by atoms with Gasteiger partial charge in [0.05, 0.1) is 13.5 Å². The molecule has 1 saturated heterocycles. The van der Waals surface area contributed by atoms with Gasteiger partial charge in [0.1, 0.15) is 0 Å². The largest absolute Gasteiger partial charge is 0.504 e. The van der Waals surface area contributed by atoms with E-state index in [1.54, 1.807) is 36.8 Å². The zero-order chi connectivity index (χ0) is 20.9. The molecule has 1 aliphatic heterocycles. The molecule has 0 aliphatic carbocycles. The second-order valence-electron chi connectivity index (χ2n) is 7.40. The molecule has 0 spiro atoms. The topological polar surface area (TPSA) is 88.4 Å². The normalized spacial score (nSPS) is 16.3. The standard InChI is InChI=1S/C23H24N4O3/c1-30-21-13-16(4-5-20(21)28)14-22(29)27-12-2-3-18(15-27)19-8-11-25-23(26-19)17-6-9-24-10-7-17/h4-11,13,18,28H,2-3,12,14-15H2,1H3/t18-/m1/s1. The van der Waals surface area contributed by atoms with Crippen LogP contribution in [-0.4, -0.2) is 51.1 Å². The molecule has 1 aromatic carbocycles. The molecule has 1 aliphatic rings. The van der Waals surface area contributed by atoms with E-state index in [1.165, 1.54) is 7.11 Å². The molecule has 1 N–H and O–H groups in total. The van der Waals surface area contributed by atoms with Gasteiger partial charge in [-0.1, -0.05) is 6.07 Å². The summed E-state index contributed by atoms with van der Waals surface area (Å²) in [5.74, 6) is 1.37. The van der Waals surface area contributed by atoms with E-state index in [1.807, 2.05) is 23.1 Å². The molecule has 0 radical (unpaired) electrons. The number of piperidine rings is 1. The molecule has 0 saturated carbocycles. The van der Waals surface area contributed by atoms with Crippen LogP contribution in [-0.2, 0) is 11.2 Å². The highest BCUT2D eigenvalue weighted by atomic mass is 16.5. The summed E-state index contributed by atoms with van der Waals surface area (Å²) in [4.78, 5) is 28.0. The monoisotopic (exact) mass is 404 g/mol. The lowest BCUT2D eigenvalue weighted by Gasteiger charge is -2.32. The predicted molar refractivity (Wildman–Crippen MR) is 112 cm³/mol. The lowest BCUT2D eigenvalue weighted by molar-refractivity contribution is -0.131. The summed E-state index contributed by atoms with van der Waals surface area (Å²) in [5.41, 5.74) is 2.70. The van der Waals surface area contributed by atoms with E-state index in [0.717, 1.165) is 36.2 Å². The zero-order valence-corrected chi connectivity index (χ0v) is 16.9. The van der Waals surface area contributed by atoms with Crippen molar-refractivity contribution in [3.8, 4) is 22.9 Å². The van der Waals surface area contributed by atoms with Crippen LogP contribution in [0.1, 0.15) is 30.0 Å². The highest BCUT2D eigenvalue weighted by molar-refractivity contribution is 5.79. The summed E-state index contributed by atoms with van der Waals surface area (Å²) in [7, 11) is 1.50. The predicted octanol–water partition coefficient (Wildman–Crippen LogP) is 3.20. The molecular weight excluding hydrogens is 380 g/mol. The van der Waals surface area contributed by atoms with Crippen LogP contribution in [0.5, 0.6) is 11.5 Å². The molecule has 0 unspecified atom stereocenters. The molecular formula is C23H24N4O3. The first-order chi connectivity index (χ1) is 14.6. The van der Waals surface area contributed by atoms with Gasteiger partial charge in [-0.25, -0.2) is 9.97 Å². The number of phenols is 1. The van der Waals surface area contributed by atoms with Gasteiger partial charge >= 0.3 is 0 Å². The minimum Gasteiger partial charge on any atom is -0.504 e. The maximum atomic E-state index is 12.9. The number of aromatic hydroxyl groups is 1. The third-order valence-electron chi connectivity index (χ3n) is 5.41. The van der Waals surface area contributed by atoms with Gasteiger partial charge in [-0.05, 0) is 48.7 Å². The average molecular weight is 404 g/mol. The SMILES string of the molecule is COc1cc(CC(=O)N2CCC[C@@H](c3ccnc(-c4ccncc4)n3)C2)ccc1O. The Bertz CT molecular complexity index is 1030. The fourth-order valence-corrected chi connectivity index (χ4v) is 3.80. The third-order valence-corrected chi connectivity index (χ3v) is 5.41. The number of likely N-dealkylation sites (tertiary alicyclic amines) is 1. The Balaban J connectivity index is 1.46. The smallest absolute Gasteiger partial charge is 0.227 e. The number of pyridine rings is 1. The molecule has 1 atom stereocenters. The number of benzene rings is 1. The van der Waals surface area contributed by atoms with Gasteiger partial charge in [0.2, 0.25) is 5.91 Å². The summed E-state index contributed by atoms with van der Waals surface area (Å²) in [6.07, 6.45) is 7.43. The Kier molecular flexibility index (Phi) is 5.88. The number of aromatic nitrogens is 3. The Labute approximate surface area is 175 Å². The van der Waals surface area contributed by atoms with Gasteiger partial charge in [-0.2, -0.15) is 0 Å². The van der Waals surface area contributed by atoms with E-state index in [-0.39, 0.29) is 24.0 Å². The highest BCUT2D eigenvalue weighted by Crippen LogP contribution is 2.29. The lowest BCUT2D eigenvalue weighted by atomic mass is 9.94. The number of amides is 1. The number of rotatable bonds is 5. The molecule has 3 aromatic rings. The van der Waals surface area contributed by atoms with Crippen LogP contribution in [0.2, 0.25) is 0 Å². The number of methoxy groups -OCH3 is 1. The van der Waals surface area contributed by atoms with Gasteiger partial charge in [-0.3, -0.25) is 9.78 Å². The Morgan fingerprint density at radius 3 is 2.83 bits per heavy atom. The van der Waals surface area contributed by atoms with E-state index in [4.69, 9.17) is 9.72 Å². The minimum absolute atomic E-state index is 0.0656. The number of nitrogens with zero attached hydrogens (tertiary/aromatic N) is 4.